The third-order valence-corrected chi connectivity index (χ3v) is 4.46. The fourth-order valence-electron chi connectivity index (χ4n) is 2.86. The van der Waals surface area contributed by atoms with E-state index in [-0.39, 0.29) is 6.03 Å². The summed E-state index contributed by atoms with van der Waals surface area (Å²) in [5, 5.41) is 3.24. The average molecular weight is 345 g/mol. The molecule has 1 N–H and O–H groups in total. The van der Waals surface area contributed by atoms with Gasteiger partial charge in [0.2, 0.25) is 0 Å². The maximum Gasteiger partial charge on any atom is 0.321 e. The van der Waals surface area contributed by atoms with Crippen LogP contribution < -0.4 is 10.1 Å². The molecular weight excluding hydrogens is 324 g/mol. The van der Waals surface area contributed by atoms with Crippen molar-refractivity contribution < 1.29 is 9.53 Å². The fraction of sp³-hybridized carbons (Fsp3) is 0.316. The molecule has 0 aromatic heterocycles. The van der Waals surface area contributed by atoms with Crippen molar-refractivity contribution in [3.8, 4) is 11.5 Å². The minimum atomic E-state index is -0.197. The minimum absolute atomic E-state index is 0.197. The van der Waals surface area contributed by atoms with Crippen LogP contribution >= 0.6 is 11.6 Å². The summed E-state index contributed by atoms with van der Waals surface area (Å²) in [5.74, 6) is 1.47. The summed E-state index contributed by atoms with van der Waals surface area (Å²) in [7, 11) is 3.37. The quantitative estimate of drug-likeness (QED) is 0.841. The first-order valence-electron chi connectivity index (χ1n) is 8.11. The second-order valence-corrected chi connectivity index (χ2v) is 6.58. The van der Waals surface area contributed by atoms with Crippen LogP contribution in [-0.4, -0.2) is 25.0 Å². The van der Waals surface area contributed by atoms with Gasteiger partial charge in [0.25, 0.3) is 0 Å². The Morgan fingerprint density at radius 3 is 2.67 bits per heavy atom. The average Bonchev–Trinajstić information content (AvgIpc) is 2.57. The second-order valence-electron chi connectivity index (χ2n) is 6.17. The molecule has 24 heavy (non-hydrogen) atoms. The first kappa shape index (κ1) is 16.7. The van der Waals surface area contributed by atoms with Gasteiger partial charge in [-0.3, -0.25) is 0 Å². The van der Waals surface area contributed by atoms with Crippen molar-refractivity contribution in [3.05, 3.63) is 52.5 Å². The van der Waals surface area contributed by atoms with Crippen LogP contribution in [0.15, 0.2) is 36.4 Å². The zero-order chi connectivity index (χ0) is 17.1. The van der Waals surface area contributed by atoms with Crippen LogP contribution in [-0.2, 0) is 12.8 Å². The van der Waals surface area contributed by atoms with Gasteiger partial charge in [-0.05, 0) is 61.1 Å². The van der Waals surface area contributed by atoms with Crippen molar-refractivity contribution in [2.24, 2.45) is 0 Å². The smallest absolute Gasteiger partial charge is 0.321 e. The molecular formula is C19H21ClN2O2. The van der Waals surface area contributed by atoms with E-state index in [0.29, 0.717) is 16.5 Å². The van der Waals surface area contributed by atoms with Crippen LogP contribution in [0.25, 0.3) is 0 Å². The molecule has 0 saturated carbocycles. The normalized spacial score (nSPS) is 13.1. The van der Waals surface area contributed by atoms with E-state index >= 15 is 0 Å². The van der Waals surface area contributed by atoms with Crippen molar-refractivity contribution in [2.45, 2.75) is 25.7 Å². The van der Waals surface area contributed by atoms with Crippen LogP contribution in [0.3, 0.4) is 0 Å². The fourth-order valence-corrected chi connectivity index (χ4v) is 3.08. The number of ether oxygens (including phenoxy) is 1. The minimum Gasteiger partial charge on any atom is -0.456 e. The number of carbonyl (C=O) groups is 1. The number of hydrogen-bond donors (Lipinski definition) is 1. The predicted molar refractivity (Wildman–Crippen MR) is 97.3 cm³/mol. The maximum atomic E-state index is 11.7. The molecule has 3 rings (SSSR count). The standard InChI is InChI=1S/C19H21ClN2O2/c1-22(2)19(23)21-14-10-11-18(16(20)12-14)24-17-9-5-7-13-6-3-4-8-15(13)17/h5,7,9-12H,3-4,6,8H2,1-2H3,(H,21,23). The lowest BCUT2D eigenvalue weighted by atomic mass is 9.91. The first-order chi connectivity index (χ1) is 11.5. The molecule has 4 nitrogen and oxygen atoms in total. The summed E-state index contributed by atoms with van der Waals surface area (Å²) in [6.45, 7) is 0. The van der Waals surface area contributed by atoms with Gasteiger partial charge >= 0.3 is 6.03 Å². The zero-order valence-electron chi connectivity index (χ0n) is 13.9. The first-order valence-corrected chi connectivity index (χ1v) is 8.49. The molecule has 1 aliphatic rings. The summed E-state index contributed by atoms with van der Waals surface area (Å²) >= 11 is 6.34. The maximum absolute atomic E-state index is 11.7. The van der Waals surface area contributed by atoms with E-state index in [1.165, 1.54) is 28.9 Å². The van der Waals surface area contributed by atoms with Gasteiger partial charge in [0, 0.05) is 19.8 Å². The van der Waals surface area contributed by atoms with E-state index in [0.717, 1.165) is 18.6 Å². The third kappa shape index (κ3) is 3.65. The molecule has 2 aromatic rings. The van der Waals surface area contributed by atoms with Gasteiger partial charge in [0.1, 0.15) is 11.5 Å². The largest absolute Gasteiger partial charge is 0.456 e. The number of amides is 2. The number of urea groups is 1. The monoisotopic (exact) mass is 344 g/mol. The van der Waals surface area contributed by atoms with Crippen LogP contribution in [0.5, 0.6) is 11.5 Å². The molecule has 0 radical (unpaired) electrons. The van der Waals surface area contributed by atoms with Gasteiger partial charge in [-0.25, -0.2) is 4.79 Å². The van der Waals surface area contributed by atoms with Crippen LogP contribution in [0.2, 0.25) is 5.02 Å². The Morgan fingerprint density at radius 1 is 1.12 bits per heavy atom. The number of aryl methyl sites for hydroxylation is 1. The Balaban J connectivity index is 1.80. The van der Waals surface area contributed by atoms with Crippen LogP contribution in [0.4, 0.5) is 10.5 Å². The lowest BCUT2D eigenvalue weighted by Gasteiger charge is -2.20. The predicted octanol–water partition coefficient (Wildman–Crippen LogP) is 5.10. The summed E-state index contributed by atoms with van der Waals surface area (Å²) in [4.78, 5) is 13.2. The second kappa shape index (κ2) is 7.14. The number of carbonyl (C=O) groups excluding carboxylic acids is 1. The van der Waals surface area contributed by atoms with Crippen molar-refractivity contribution in [1.82, 2.24) is 4.90 Å². The number of nitrogens with zero attached hydrogens (tertiary/aromatic N) is 1. The number of hydrogen-bond acceptors (Lipinski definition) is 2. The Hall–Kier alpha value is -2.20. The summed E-state index contributed by atoms with van der Waals surface area (Å²) in [6.07, 6.45) is 4.57. The number of anilines is 1. The zero-order valence-corrected chi connectivity index (χ0v) is 14.7. The number of rotatable bonds is 3. The number of benzene rings is 2. The molecule has 1 aliphatic carbocycles. The van der Waals surface area contributed by atoms with Crippen LogP contribution in [0.1, 0.15) is 24.0 Å². The molecule has 0 aliphatic heterocycles. The van der Waals surface area contributed by atoms with Gasteiger partial charge in [0.15, 0.2) is 0 Å². The Labute approximate surface area is 147 Å². The van der Waals surface area contributed by atoms with Crippen LogP contribution in [0, 0.1) is 0 Å². The van der Waals surface area contributed by atoms with Gasteiger partial charge in [0.05, 0.1) is 5.02 Å². The molecule has 5 heteroatoms. The molecule has 0 fully saturated rings. The lowest BCUT2D eigenvalue weighted by Crippen LogP contribution is -2.27. The Morgan fingerprint density at radius 2 is 1.92 bits per heavy atom. The van der Waals surface area contributed by atoms with Gasteiger partial charge in [-0.1, -0.05) is 23.7 Å². The molecule has 126 valence electrons. The Kier molecular flexibility index (Phi) is 4.95. The van der Waals surface area contributed by atoms with E-state index < -0.39 is 0 Å². The SMILES string of the molecule is CN(C)C(=O)Nc1ccc(Oc2cccc3c2CCCC3)c(Cl)c1. The van der Waals surface area contributed by atoms with E-state index in [1.807, 2.05) is 12.1 Å². The van der Waals surface area contributed by atoms with E-state index in [2.05, 4.69) is 11.4 Å². The number of fused-ring (bicyclic) bond motifs is 1. The molecule has 2 aromatic carbocycles. The molecule has 2 amide bonds. The van der Waals surface area contributed by atoms with Crippen molar-refractivity contribution in [1.29, 1.82) is 0 Å². The molecule has 0 spiro atoms. The summed E-state index contributed by atoms with van der Waals surface area (Å²) in [6, 6.07) is 11.3. The van der Waals surface area contributed by atoms with E-state index in [1.54, 1.807) is 32.3 Å². The highest BCUT2D eigenvalue weighted by molar-refractivity contribution is 6.32. The summed E-state index contributed by atoms with van der Waals surface area (Å²) in [5.41, 5.74) is 3.29. The van der Waals surface area contributed by atoms with Gasteiger partial charge in [-0.2, -0.15) is 0 Å². The van der Waals surface area contributed by atoms with E-state index in [9.17, 15) is 4.79 Å². The number of nitrogens with one attached hydrogen (secondary N) is 1. The molecule has 0 unspecified atom stereocenters. The molecule has 0 saturated heterocycles. The van der Waals surface area contributed by atoms with Crippen molar-refractivity contribution in [2.75, 3.05) is 19.4 Å². The highest BCUT2D eigenvalue weighted by Gasteiger charge is 2.15. The van der Waals surface area contributed by atoms with Gasteiger partial charge < -0.3 is 15.0 Å². The summed E-state index contributed by atoms with van der Waals surface area (Å²) < 4.78 is 6.06. The highest BCUT2D eigenvalue weighted by Crippen LogP contribution is 2.36. The highest BCUT2D eigenvalue weighted by atomic mass is 35.5. The van der Waals surface area contributed by atoms with E-state index in [4.69, 9.17) is 16.3 Å². The lowest BCUT2D eigenvalue weighted by molar-refractivity contribution is 0.230. The Bertz CT molecular complexity index is 759. The topological polar surface area (TPSA) is 41.6 Å². The molecule has 0 bridgehead atoms. The van der Waals surface area contributed by atoms with Crippen molar-refractivity contribution in [3.63, 3.8) is 0 Å². The van der Waals surface area contributed by atoms with Gasteiger partial charge in [-0.15, -0.1) is 0 Å². The molecule has 0 atom stereocenters. The van der Waals surface area contributed by atoms with Crippen molar-refractivity contribution >= 4 is 23.3 Å². The number of halogens is 1. The third-order valence-electron chi connectivity index (χ3n) is 4.16. The molecule has 0 heterocycles.